The standard InChI is InChI=1S/C14H17N5O3/c1-18(2)13(20)9-22-14(21)12(19-10-15-16-17-19)8-11-6-4-3-5-7-11/h3-7,10,12H,8-9H2,1-2H3/t12-/m0/s1. The van der Waals surface area contributed by atoms with E-state index in [0.717, 1.165) is 5.56 Å². The maximum atomic E-state index is 12.3. The number of nitrogens with zero attached hydrogens (tertiary/aromatic N) is 5. The van der Waals surface area contributed by atoms with Crippen LogP contribution in [0.15, 0.2) is 36.7 Å². The van der Waals surface area contributed by atoms with Crippen LogP contribution in [0.4, 0.5) is 0 Å². The van der Waals surface area contributed by atoms with Gasteiger partial charge in [-0.3, -0.25) is 4.79 Å². The van der Waals surface area contributed by atoms with Gasteiger partial charge in [-0.2, -0.15) is 0 Å². The zero-order valence-electron chi connectivity index (χ0n) is 12.4. The maximum Gasteiger partial charge on any atom is 0.331 e. The Morgan fingerprint density at radius 3 is 2.59 bits per heavy atom. The molecule has 0 aliphatic carbocycles. The number of tetrazole rings is 1. The van der Waals surface area contributed by atoms with Crippen molar-refractivity contribution >= 4 is 11.9 Å². The molecule has 0 spiro atoms. The van der Waals surface area contributed by atoms with Crippen LogP contribution >= 0.6 is 0 Å². The smallest absolute Gasteiger partial charge is 0.331 e. The minimum absolute atomic E-state index is 0.288. The summed E-state index contributed by atoms with van der Waals surface area (Å²) < 4.78 is 6.41. The summed E-state index contributed by atoms with van der Waals surface area (Å²) in [5, 5.41) is 10.8. The van der Waals surface area contributed by atoms with Crippen LogP contribution in [-0.2, 0) is 20.7 Å². The lowest BCUT2D eigenvalue weighted by Crippen LogP contribution is -2.31. The number of hydrogen-bond donors (Lipinski definition) is 0. The van der Waals surface area contributed by atoms with Crippen LogP contribution < -0.4 is 0 Å². The van der Waals surface area contributed by atoms with E-state index in [2.05, 4.69) is 15.5 Å². The molecule has 0 saturated carbocycles. The second-order valence-electron chi connectivity index (χ2n) is 4.89. The molecule has 1 atom stereocenters. The van der Waals surface area contributed by atoms with Gasteiger partial charge in [-0.15, -0.1) is 5.10 Å². The Morgan fingerprint density at radius 2 is 2.00 bits per heavy atom. The van der Waals surface area contributed by atoms with Crippen molar-refractivity contribution in [3.63, 3.8) is 0 Å². The number of rotatable bonds is 6. The average Bonchev–Trinajstić information content (AvgIpc) is 3.04. The van der Waals surface area contributed by atoms with Gasteiger partial charge >= 0.3 is 5.97 Å². The predicted molar refractivity (Wildman–Crippen MR) is 76.7 cm³/mol. The quantitative estimate of drug-likeness (QED) is 0.702. The van der Waals surface area contributed by atoms with Crippen LogP contribution in [0.1, 0.15) is 11.6 Å². The Bertz CT molecular complexity index is 613. The van der Waals surface area contributed by atoms with Crippen molar-refractivity contribution in [1.29, 1.82) is 0 Å². The van der Waals surface area contributed by atoms with Crippen LogP contribution in [0.5, 0.6) is 0 Å². The van der Waals surface area contributed by atoms with E-state index in [1.165, 1.54) is 15.9 Å². The van der Waals surface area contributed by atoms with Gasteiger partial charge in [0.2, 0.25) is 0 Å². The number of ether oxygens (including phenoxy) is 1. The fourth-order valence-electron chi connectivity index (χ4n) is 1.79. The van der Waals surface area contributed by atoms with Gasteiger partial charge < -0.3 is 9.64 Å². The van der Waals surface area contributed by atoms with Crippen molar-refractivity contribution in [1.82, 2.24) is 25.1 Å². The molecule has 8 heteroatoms. The molecule has 1 heterocycles. The summed E-state index contributed by atoms with van der Waals surface area (Å²) >= 11 is 0. The normalized spacial score (nSPS) is 11.7. The molecule has 1 aromatic heterocycles. The van der Waals surface area contributed by atoms with Crippen LogP contribution in [-0.4, -0.2) is 57.7 Å². The molecule has 0 saturated heterocycles. The third kappa shape index (κ3) is 4.11. The summed E-state index contributed by atoms with van der Waals surface area (Å²) in [5.41, 5.74) is 0.943. The fraction of sp³-hybridized carbons (Fsp3) is 0.357. The van der Waals surface area contributed by atoms with E-state index in [-0.39, 0.29) is 12.5 Å². The highest BCUT2D eigenvalue weighted by molar-refractivity contribution is 5.81. The van der Waals surface area contributed by atoms with E-state index in [0.29, 0.717) is 6.42 Å². The fourth-order valence-corrected chi connectivity index (χ4v) is 1.79. The van der Waals surface area contributed by atoms with Crippen molar-refractivity contribution in [3.8, 4) is 0 Å². The van der Waals surface area contributed by atoms with Crippen LogP contribution in [0, 0.1) is 0 Å². The third-order valence-electron chi connectivity index (χ3n) is 3.06. The molecule has 1 aromatic carbocycles. The highest BCUT2D eigenvalue weighted by Gasteiger charge is 2.24. The molecule has 1 amide bonds. The van der Waals surface area contributed by atoms with Gasteiger partial charge in [0.25, 0.3) is 5.91 Å². The number of carbonyl (C=O) groups excluding carboxylic acids is 2. The minimum Gasteiger partial charge on any atom is -0.454 e. The molecule has 0 bridgehead atoms. The Kier molecular flexibility index (Phi) is 5.18. The number of hydrogen-bond acceptors (Lipinski definition) is 6. The summed E-state index contributed by atoms with van der Waals surface area (Å²) in [7, 11) is 3.19. The van der Waals surface area contributed by atoms with Crippen molar-refractivity contribution < 1.29 is 14.3 Å². The topological polar surface area (TPSA) is 90.2 Å². The molecule has 0 fully saturated rings. The molecule has 8 nitrogen and oxygen atoms in total. The lowest BCUT2D eigenvalue weighted by atomic mass is 10.1. The van der Waals surface area contributed by atoms with Crippen LogP contribution in [0.3, 0.4) is 0 Å². The van der Waals surface area contributed by atoms with Crippen LogP contribution in [0.2, 0.25) is 0 Å². The van der Waals surface area contributed by atoms with E-state index in [9.17, 15) is 9.59 Å². The summed E-state index contributed by atoms with van der Waals surface area (Å²) in [5.74, 6) is -0.838. The molecule has 2 aromatic rings. The number of carbonyl (C=O) groups is 2. The zero-order chi connectivity index (χ0) is 15.9. The SMILES string of the molecule is CN(C)C(=O)COC(=O)[C@H](Cc1ccccc1)n1cnnn1. The molecule has 22 heavy (non-hydrogen) atoms. The van der Waals surface area contributed by atoms with Crippen molar-refractivity contribution in [2.45, 2.75) is 12.5 Å². The van der Waals surface area contributed by atoms with E-state index >= 15 is 0 Å². The second kappa shape index (κ2) is 7.30. The summed E-state index contributed by atoms with van der Waals surface area (Å²) in [6, 6.07) is 8.74. The molecular weight excluding hydrogens is 286 g/mol. The zero-order valence-corrected chi connectivity index (χ0v) is 12.4. The largest absolute Gasteiger partial charge is 0.454 e. The summed E-state index contributed by atoms with van der Waals surface area (Å²) in [6.45, 7) is -0.306. The van der Waals surface area contributed by atoms with Gasteiger partial charge in [-0.25, -0.2) is 9.48 Å². The van der Waals surface area contributed by atoms with Crippen molar-refractivity contribution in [2.75, 3.05) is 20.7 Å². The molecule has 0 N–H and O–H groups in total. The predicted octanol–water partition coefficient (Wildman–Crippen LogP) is 0.0883. The van der Waals surface area contributed by atoms with Crippen molar-refractivity contribution in [2.24, 2.45) is 0 Å². The first-order valence-electron chi connectivity index (χ1n) is 6.71. The number of amides is 1. The monoisotopic (exact) mass is 303 g/mol. The highest BCUT2D eigenvalue weighted by atomic mass is 16.5. The number of benzene rings is 1. The molecule has 116 valence electrons. The van der Waals surface area contributed by atoms with E-state index in [1.807, 2.05) is 30.3 Å². The number of aromatic nitrogens is 4. The number of likely N-dealkylation sites (N-methyl/N-ethyl adjacent to an activating group) is 1. The average molecular weight is 303 g/mol. The molecule has 2 rings (SSSR count). The summed E-state index contributed by atoms with van der Waals surface area (Å²) in [6.07, 6.45) is 1.73. The number of esters is 1. The molecule has 0 aliphatic heterocycles. The van der Waals surface area contributed by atoms with Gasteiger partial charge in [-0.1, -0.05) is 30.3 Å². The molecular formula is C14H17N5O3. The van der Waals surface area contributed by atoms with Crippen LogP contribution in [0.25, 0.3) is 0 Å². The third-order valence-corrected chi connectivity index (χ3v) is 3.06. The Labute approximate surface area is 127 Å². The van der Waals surface area contributed by atoms with E-state index in [1.54, 1.807) is 14.1 Å². The van der Waals surface area contributed by atoms with E-state index < -0.39 is 12.0 Å². The molecule has 0 unspecified atom stereocenters. The lowest BCUT2D eigenvalue weighted by molar-refractivity contribution is -0.154. The van der Waals surface area contributed by atoms with Gasteiger partial charge in [0.1, 0.15) is 6.33 Å². The summed E-state index contributed by atoms with van der Waals surface area (Å²) in [4.78, 5) is 25.1. The Hall–Kier alpha value is -2.77. The Morgan fingerprint density at radius 1 is 1.27 bits per heavy atom. The van der Waals surface area contributed by atoms with Gasteiger partial charge in [-0.05, 0) is 16.0 Å². The maximum absolute atomic E-state index is 12.3. The minimum atomic E-state index is -0.715. The molecule has 0 aliphatic rings. The molecule has 0 radical (unpaired) electrons. The van der Waals surface area contributed by atoms with Gasteiger partial charge in [0.05, 0.1) is 0 Å². The first-order chi connectivity index (χ1) is 10.6. The lowest BCUT2D eigenvalue weighted by Gasteiger charge is -2.16. The first kappa shape index (κ1) is 15.6. The van der Waals surface area contributed by atoms with Crippen molar-refractivity contribution in [3.05, 3.63) is 42.2 Å². The van der Waals surface area contributed by atoms with Gasteiger partial charge in [0, 0.05) is 20.5 Å². The highest BCUT2D eigenvalue weighted by Crippen LogP contribution is 2.14. The second-order valence-corrected chi connectivity index (χ2v) is 4.89. The first-order valence-corrected chi connectivity index (χ1v) is 6.71. The van der Waals surface area contributed by atoms with E-state index in [4.69, 9.17) is 4.74 Å². The Balaban J connectivity index is 2.08. The van der Waals surface area contributed by atoms with Gasteiger partial charge in [0.15, 0.2) is 12.6 Å².